The molecule has 0 fully saturated rings. The standard InChI is InChI=1S/C23H32O3Si/c1-18(22(24)25-17-19-13-9-7-10-14-19)21(20-15-11-8-12-16-20)26-27(5,6)23(2,3)4/h7-16,18,21H,17H2,1-6H3/t18-,21-/m0/s1. The summed E-state index contributed by atoms with van der Waals surface area (Å²) in [7, 11) is -2.05. The van der Waals surface area contributed by atoms with Crippen molar-refractivity contribution in [2.45, 2.75) is 58.5 Å². The maximum Gasteiger partial charge on any atom is 0.311 e. The molecule has 0 amide bonds. The molecule has 146 valence electrons. The van der Waals surface area contributed by atoms with Gasteiger partial charge in [0, 0.05) is 0 Å². The first-order valence-corrected chi connectivity index (χ1v) is 12.5. The first kappa shape index (κ1) is 21.4. The summed E-state index contributed by atoms with van der Waals surface area (Å²) >= 11 is 0. The second-order valence-electron chi connectivity index (χ2n) is 8.59. The minimum atomic E-state index is -2.05. The van der Waals surface area contributed by atoms with Gasteiger partial charge in [-0.05, 0) is 36.2 Å². The van der Waals surface area contributed by atoms with E-state index in [1.54, 1.807) is 0 Å². The molecule has 0 heterocycles. The van der Waals surface area contributed by atoms with Gasteiger partial charge in [-0.25, -0.2) is 0 Å². The van der Waals surface area contributed by atoms with Crippen LogP contribution in [0.1, 0.15) is 44.9 Å². The quantitative estimate of drug-likeness (QED) is 0.425. The largest absolute Gasteiger partial charge is 0.461 e. The van der Waals surface area contributed by atoms with Gasteiger partial charge < -0.3 is 9.16 Å². The average Bonchev–Trinajstić information content (AvgIpc) is 2.64. The Morgan fingerprint density at radius 2 is 1.48 bits per heavy atom. The minimum Gasteiger partial charge on any atom is -0.461 e. The van der Waals surface area contributed by atoms with E-state index in [2.05, 4.69) is 33.9 Å². The smallest absolute Gasteiger partial charge is 0.311 e. The summed E-state index contributed by atoms with van der Waals surface area (Å²) in [4.78, 5) is 12.8. The number of carbonyl (C=O) groups excluding carboxylic acids is 1. The molecule has 0 unspecified atom stereocenters. The zero-order valence-electron chi connectivity index (χ0n) is 17.4. The highest BCUT2D eigenvalue weighted by molar-refractivity contribution is 6.74. The molecule has 0 aliphatic rings. The Bertz CT molecular complexity index is 720. The van der Waals surface area contributed by atoms with E-state index in [0.717, 1.165) is 11.1 Å². The minimum absolute atomic E-state index is 0.0632. The monoisotopic (exact) mass is 384 g/mol. The van der Waals surface area contributed by atoms with Crippen LogP contribution in [0.5, 0.6) is 0 Å². The molecule has 0 bridgehead atoms. The van der Waals surface area contributed by atoms with Gasteiger partial charge in [-0.2, -0.15) is 0 Å². The highest BCUT2D eigenvalue weighted by Gasteiger charge is 2.41. The zero-order chi connectivity index (χ0) is 20.1. The fraction of sp³-hybridized carbons (Fsp3) is 0.435. The Morgan fingerprint density at radius 1 is 0.963 bits per heavy atom. The van der Waals surface area contributed by atoms with Crippen LogP contribution in [-0.2, 0) is 20.6 Å². The first-order valence-electron chi connectivity index (χ1n) is 9.55. The van der Waals surface area contributed by atoms with Gasteiger partial charge in [0.2, 0.25) is 0 Å². The third kappa shape index (κ3) is 5.78. The van der Waals surface area contributed by atoms with Crippen LogP contribution in [0.15, 0.2) is 60.7 Å². The van der Waals surface area contributed by atoms with Crippen LogP contribution in [-0.4, -0.2) is 14.3 Å². The van der Waals surface area contributed by atoms with E-state index in [0.29, 0.717) is 0 Å². The van der Waals surface area contributed by atoms with E-state index in [1.165, 1.54) is 0 Å². The van der Waals surface area contributed by atoms with E-state index in [9.17, 15) is 4.79 Å². The molecule has 0 saturated carbocycles. The van der Waals surface area contributed by atoms with Crippen molar-refractivity contribution in [1.29, 1.82) is 0 Å². The van der Waals surface area contributed by atoms with Crippen LogP contribution in [0, 0.1) is 5.92 Å². The van der Waals surface area contributed by atoms with Gasteiger partial charge in [0.25, 0.3) is 0 Å². The summed E-state index contributed by atoms with van der Waals surface area (Å²) < 4.78 is 12.3. The van der Waals surface area contributed by atoms with Gasteiger partial charge in [-0.15, -0.1) is 0 Å². The van der Waals surface area contributed by atoms with Crippen molar-refractivity contribution in [2.24, 2.45) is 5.92 Å². The topological polar surface area (TPSA) is 35.5 Å². The average molecular weight is 385 g/mol. The molecule has 27 heavy (non-hydrogen) atoms. The lowest BCUT2D eigenvalue weighted by Crippen LogP contribution is -2.43. The Labute approximate surface area is 164 Å². The summed E-state index contributed by atoms with van der Waals surface area (Å²) in [6, 6.07) is 19.8. The van der Waals surface area contributed by atoms with Crippen molar-refractivity contribution >= 4 is 14.3 Å². The van der Waals surface area contributed by atoms with Gasteiger partial charge in [0.15, 0.2) is 8.32 Å². The maximum atomic E-state index is 12.8. The molecule has 3 nitrogen and oxygen atoms in total. The molecule has 0 N–H and O–H groups in total. The molecule has 2 rings (SSSR count). The molecule has 2 atom stereocenters. The van der Waals surface area contributed by atoms with Crippen LogP contribution in [0.25, 0.3) is 0 Å². The van der Waals surface area contributed by atoms with Crippen molar-refractivity contribution in [2.75, 3.05) is 0 Å². The van der Waals surface area contributed by atoms with Gasteiger partial charge in [-0.1, -0.05) is 81.4 Å². The number of rotatable bonds is 7. The Kier molecular flexibility index (Phi) is 7.01. The summed E-state index contributed by atoms with van der Waals surface area (Å²) in [5, 5.41) is 0.0632. The molecule has 0 aliphatic carbocycles. The summed E-state index contributed by atoms with van der Waals surface area (Å²) in [6.45, 7) is 13.2. The number of hydrogen-bond donors (Lipinski definition) is 0. The van der Waals surface area contributed by atoms with Crippen LogP contribution in [0.4, 0.5) is 0 Å². The molecule has 2 aromatic carbocycles. The van der Waals surface area contributed by atoms with Gasteiger partial charge in [0.1, 0.15) is 6.61 Å². The predicted molar refractivity (Wildman–Crippen MR) is 113 cm³/mol. The molecule has 2 aromatic rings. The van der Waals surface area contributed by atoms with E-state index >= 15 is 0 Å². The van der Waals surface area contributed by atoms with Crippen LogP contribution >= 0.6 is 0 Å². The molecule has 0 spiro atoms. The van der Waals surface area contributed by atoms with Crippen molar-refractivity contribution < 1.29 is 14.0 Å². The Balaban J connectivity index is 2.18. The Hall–Kier alpha value is -1.91. The van der Waals surface area contributed by atoms with E-state index in [-0.39, 0.29) is 29.6 Å². The summed E-state index contributed by atoms with van der Waals surface area (Å²) in [5.41, 5.74) is 2.01. The molecule has 0 aromatic heterocycles. The SMILES string of the molecule is C[C@H](C(=O)OCc1ccccc1)[C@H](O[Si](C)(C)C(C)(C)C)c1ccccc1. The number of carbonyl (C=O) groups is 1. The first-order chi connectivity index (χ1) is 12.6. The highest BCUT2D eigenvalue weighted by Crippen LogP contribution is 2.41. The molecular weight excluding hydrogens is 352 g/mol. The van der Waals surface area contributed by atoms with Crippen LogP contribution < -0.4 is 0 Å². The van der Waals surface area contributed by atoms with E-state index < -0.39 is 8.32 Å². The molecule has 0 aliphatic heterocycles. The van der Waals surface area contributed by atoms with Gasteiger partial charge in [-0.3, -0.25) is 4.79 Å². The Morgan fingerprint density at radius 3 is 2.00 bits per heavy atom. The van der Waals surface area contributed by atoms with Crippen LogP contribution in [0.2, 0.25) is 18.1 Å². The van der Waals surface area contributed by atoms with Gasteiger partial charge >= 0.3 is 5.97 Å². The number of esters is 1. The third-order valence-corrected chi connectivity index (χ3v) is 9.86. The van der Waals surface area contributed by atoms with E-state index in [1.807, 2.05) is 67.6 Å². The second kappa shape index (κ2) is 8.85. The maximum absolute atomic E-state index is 12.8. The van der Waals surface area contributed by atoms with Gasteiger partial charge in [0.05, 0.1) is 12.0 Å². The molecular formula is C23H32O3Si. The van der Waals surface area contributed by atoms with E-state index in [4.69, 9.17) is 9.16 Å². The normalized spacial score (nSPS) is 14.4. The lowest BCUT2D eigenvalue weighted by Gasteiger charge is -2.40. The highest BCUT2D eigenvalue weighted by atomic mass is 28.4. The summed E-state index contributed by atoms with van der Waals surface area (Å²) in [6.07, 6.45) is -0.310. The second-order valence-corrected chi connectivity index (χ2v) is 13.3. The van der Waals surface area contributed by atoms with Crippen molar-refractivity contribution in [3.63, 3.8) is 0 Å². The third-order valence-electron chi connectivity index (χ3n) is 5.41. The number of benzene rings is 2. The molecule has 4 heteroatoms. The fourth-order valence-corrected chi connectivity index (χ4v) is 3.91. The lowest BCUT2D eigenvalue weighted by molar-refractivity contribution is -0.152. The molecule has 0 saturated heterocycles. The van der Waals surface area contributed by atoms with Crippen molar-refractivity contribution in [3.05, 3.63) is 71.8 Å². The lowest BCUT2D eigenvalue weighted by atomic mass is 9.98. The molecule has 0 radical (unpaired) electrons. The van der Waals surface area contributed by atoms with Crippen molar-refractivity contribution in [1.82, 2.24) is 0 Å². The number of ether oxygens (including phenoxy) is 1. The predicted octanol–water partition coefficient (Wildman–Crippen LogP) is 6.13. The van der Waals surface area contributed by atoms with Crippen molar-refractivity contribution in [3.8, 4) is 0 Å². The van der Waals surface area contributed by atoms with Crippen LogP contribution in [0.3, 0.4) is 0 Å². The summed E-state index contributed by atoms with van der Waals surface area (Å²) in [5.74, 6) is -0.614. The number of hydrogen-bond acceptors (Lipinski definition) is 3. The zero-order valence-corrected chi connectivity index (χ0v) is 18.4. The fourth-order valence-electron chi connectivity index (χ4n) is 2.58.